The lowest BCUT2D eigenvalue weighted by Gasteiger charge is -2.43. The molecule has 2 saturated heterocycles. The van der Waals surface area contributed by atoms with Crippen molar-refractivity contribution in [1.29, 1.82) is 0 Å². The van der Waals surface area contributed by atoms with Gasteiger partial charge in [0.15, 0.2) is 0 Å². The molecule has 0 aromatic heterocycles. The smallest absolute Gasteiger partial charge is 0.416 e. The number of hydrogen-bond donors (Lipinski definition) is 0. The normalized spacial score (nSPS) is 35.6. The summed E-state index contributed by atoms with van der Waals surface area (Å²) in [5.74, 6) is -0.153. The Labute approximate surface area is 120 Å². The number of carbonyl (C=O) groups is 2. The molecule has 2 aliphatic heterocycles. The van der Waals surface area contributed by atoms with E-state index < -0.39 is 6.09 Å². The number of ether oxygens (including phenoxy) is 2. The van der Waals surface area contributed by atoms with Crippen LogP contribution in [0.1, 0.15) is 20.8 Å². The zero-order chi connectivity index (χ0) is 13.4. The van der Waals surface area contributed by atoms with E-state index in [1.807, 2.05) is 20.8 Å². The lowest BCUT2D eigenvalue weighted by atomic mass is 9.89. The summed E-state index contributed by atoms with van der Waals surface area (Å²) >= 11 is 2.20. The van der Waals surface area contributed by atoms with Gasteiger partial charge in [0, 0.05) is 4.43 Å². The fourth-order valence-electron chi connectivity index (χ4n) is 2.49. The van der Waals surface area contributed by atoms with E-state index in [0.717, 1.165) is 4.43 Å². The van der Waals surface area contributed by atoms with E-state index in [1.165, 1.54) is 4.90 Å². The highest BCUT2D eigenvalue weighted by molar-refractivity contribution is 14.1. The Morgan fingerprint density at radius 2 is 2.22 bits per heavy atom. The summed E-state index contributed by atoms with van der Waals surface area (Å²) in [6.45, 7) is 6.16. The number of nitrogens with zero attached hydrogens (tertiary/aromatic N) is 1. The van der Waals surface area contributed by atoms with Gasteiger partial charge in [-0.15, -0.1) is 0 Å². The predicted octanol–water partition coefficient (Wildman–Crippen LogP) is 1.83. The molecule has 0 unspecified atom stereocenters. The van der Waals surface area contributed by atoms with Crippen molar-refractivity contribution in [3.8, 4) is 0 Å². The lowest BCUT2D eigenvalue weighted by molar-refractivity contribution is -0.184. The fourth-order valence-corrected chi connectivity index (χ4v) is 3.25. The molecule has 4 atom stereocenters. The van der Waals surface area contributed by atoms with Gasteiger partial charge >= 0.3 is 6.09 Å². The fraction of sp³-hybridized carbons (Fsp3) is 0.833. The minimum Gasteiger partial charge on any atom is -0.447 e. The van der Waals surface area contributed by atoms with Crippen molar-refractivity contribution in [2.45, 2.75) is 39.0 Å². The van der Waals surface area contributed by atoms with Crippen molar-refractivity contribution < 1.29 is 19.1 Å². The molecule has 0 spiro atoms. The van der Waals surface area contributed by atoms with E-state index in [-0.39, 0.29) is 36.0 Å². The number of carbonyl (C=O) groups excluding carboxylic acids is 2. The molecular weight excluding hydrogens is 349 g/mol. The number of alkyl halides is 1. The van der Waals surface area contributed by atoms with Gasteiger partial charge < -0.3 is 9.47 Å². The van der Waals surface area contributed by atoms with Crippen LogP contribution in [0.25, 0.3) is 0 Å². The summed E-state index contributed by atoms with van der Waals surface area (Å²) < 4.78 is 11.3. The second-order valence-electron chi connectivity index (χ2n) is 5.16. The van der Waals surface area contributed by atoms with Crippen LogP contribution in [0, 0.1) is 11.8 Å². The number of amides is 2. The summed E-state index contributed by atoms with van der Waals surface area (Å²) in [4.78, 5) is 25.5. The Bertz CT molecular complexity index is 360. The van der Waals surface area contributed by atoms with Gasteiger partial charge in [-0.05, 0) is 12.8 Å². The van der Waals surface area contributed by atoms with Crippen LogP contribution in [0.3, 0.4) is 0 Å². The minimum absolute atomic E-state index is 0.0747. The molecule has 0 aliphatic carbocycles. The van der Waals surface area contributed by atoms with Crippen LogP contribution in [0.5, 0.6) is 0 Å². The van der Waals surface area contributed by atoms with Crippen molar-refractivity contribution >= 4 is 34.6 Å². The van der Waals surface area contributed by atoms with E-state index in [0.29, 0.717) is 6.61 Å². The Balaban J connectivity index is 2.14. The first-order chi connectivity index (χ1) is 8.47. The molecule has 2 aliphatic rings. The Hall–Kier alpha value is -0.370. The molecule has 2 amide bonds. The van der Waals surface area contributed by atoms with Gasteiger partial charge in [-0.3, -0.25) is 4.79 Å². The third-order valence-electron chi connectivity index (χ3n) is 3.65. The third-order valence-corrected chi connectivity index (χ3v) is 4.51. The average molecular weight is 367 g/mol. The zero-order valence-electron chi connectivity index (χ0n) is 10.8. The molecule has 0 radical (unpaired) electrons. The predicted molar refractivity (Wildman–Crippen MR) is 73.5 cm³/mol. The van der Waals surface area contributed by atoms with Gasteiger partial charge in [0.1, 0.15) is 6.61 Å². The standard InChI is InChI=1S/C12H18INO4/c1-6(2)8-5-17-12(16)14(8)11(15)10-7(3)18-9(10)4-13/h6-10H,4-5H2,1-3H3/t7-,8-,9+,10-/m1/s1. The van der Waals surface area contributed by atoms with Gasteiger partial charge in [-0.1, -0.05) is 36.4 Å². The second kappa shape index (κ2) is 5.32. The van der Waals surface area contributed by atoms with E-state index in [2.05, 4.69) is 22.6 Å². The molecule has 0 aromatic carbocycles. The first-order valence-corrected chi connectivity index (χ1v) is 7.71. The van der Waals surface area contributed by atoms with Crippen LogP contribution >= 0.6 is 22.6 Å². The van der Waals surface area contributed by atoms with E-state index >= 15 is 0 Å². The first-order valence-electron chi connectivity index (χ1n) is 6.18. The maximum absolute atomic E-state index is 12.5. The highest BCUT2D eigenvalue weighted by Gasteiger charge is 2.50. The van der Waals surface area contributed by atoms with E-state index in [1.54, 1.807) is 0 Å². The molecule has 0 aromatic rings. The maximum Gasteiger partial charge on any atom is 0.416 e. The van der Waals surface area contributed by atoms with Gasteiger partial charge in [0.25, 0.3) is 0 Å². The van der Waals surface area contributed by atoms with Gasteiger partial charge in [-0.25, -0.2) is 9.69 Å². The van der Waals surface area contributed by atoms with Crippen LogP contribution in [-0.2, 0) is 14.3 Å². The summed E-state index contributed by atoms with van der Waals surface area (Å²) in [6, 6.07) is -0.146. The molecule has 18 heavy (non-hydrogen) atoms. The van der Waals surface area contributed by atoms with Crippen molar-refractivity contribution in [1.82, 2.24) is 4.90 Å². The quantitative estimate of drug-likeness (QED) is 0.564. The molecule has 2 heterocycles. The number of rotatable bonds is 3. The van der Waals surface area contributed by atoms with E-state index in [4.69, 9.17) is 9.47 Å². The second-order valence-corrected chi connectivity index (χ2v) is 6.04. The van der Waals surface area contributed by atoms with Crippen molar-refractivity contribution in [2.24, 2.45) is 11.8 Å². The summed E-state index contributed by atoms with van der Waals surface area (Å²) in [5, 5.41) is 0. The Morgan fingerprint density at radius 3 is 2.72 bits per heavy atom. The molecule has 102 valence electrons. The molecule has 0 N–H and O–H groups in total. The molecule has 6 heteroatoms. The van der Waals surface area contributed by atoms with Crippen molar-refractivity contribution in [3.63, 3.8) is 0 Å². The molecule has 5 nitrogen and oxygen atoms in total. The van der Waals surface area contributed by atoms with Gasteiger partial charge in [0.2, 0.25) is 5.91 Å². The van der Waals surface area contributed by atoms with Crippen LogP contribution in [0.4, 0.5) is 4.79 Å². The minimum atomic E-state index is -0.509. The summed E-state index contributed by atoms with van der Waals surface area (Å²) in [5.41, 5.74) is 0. The molecule has 0 saturated carbocycles. The van der Waals surface area contributed by atoms with Crippen LogP contribution < -0.4 is 0 Å². The SMILES string of the molecule is CC(C)[C@H]1COC(=O)N1C(=O)[C@H]1[C@H](CI)O[C@@H]1C. The third kappa shape index (κ3) is 2.24. The Morgan fingerprint density at radius 1 is 1.56 bits per heavy atom. The van der Waals surface area contributed by atoms with Gasteiger partial charge in [-0.2, -0.15) is 0 Å². The van der Waals surface area contributed by atoms with E-state index in [9.17, 15) is 9.59 Å². The van der Waals surface area contributed by atoms with Gasteiger partial charge in [0.05, 0.1) is 24.2 Å². The molecule has 2 rings (SSSR count). The van der Waals surface area contributed by atoms with Crippen molar-refractivity contribution in [3.05, 3.63) is 0 Å². The maximum atomic E-state index is 12.5. The Kier molecular flexibility index (Phi) is 4.15. The number of hydrogen-bond acceptors (Lipinski definition) is 4. The van der Waals surface area contributed by atoms with Crippen LogP contribution in [0.15, 0.2) is 0 Å². The molecular formula is C12H18INO4. The molecule has 0 bridgehead atoms. The largest absolute Gasteiger partial charge is 0.447 e. The molecule has 2 fully saturated rings. The van der Waals surface area contributed by atoms with Crippen LogP contribution in [-0.4, -0.2) is 46.2 Å². The highest BCUT2D eigenvalue weighted by atomic mass is 127. The number of cyclic esters (lactones) is 1. The zero-order valence-corrected chi connectivity index (χ0v) is 12.9. The number of imide groups is 1. The topological polar surface area (TPSA) is 55.8 Å². The average Bonchev–Trinajstić information content (AvgIpc) is 2.67. The first kappa shape index (κ1) is 14.0. The number of halogens is 1. The van der Waals surface area contributed by atoms with Crippen LogP contribution in [0.2, 0.25) is 0 Å². The monoisotopic (exact) mass is 367 g/mol. The summed E-state index contributed by atoms with van der Waals surface area (Å²) in [7, 11) is 0. The van der Waals surface area contributed by atoms with Crippen molar-refractivity contribution in [2.75, 3.05) is 11.0 Å². The summed E-state index contributed by atoms with van der Waals surface area (Å²) in [6.07, 6.45) is -0.696. The lowest BCUT2D eigenvalue weighted by Crippen LogP contribution is -2.58. The highest BCUT2D eigenvalue weighted by Crippen LogP contribution is 2.34.